The number of rotatable bonds is 11. The molecule has 0 aromatic carbocycles. The van der Waals surface area contributed by atoms with Crippen LogP contribution in [0.4, 0.5) is 9.93 Å². The van der Waals surface area contributed by atoms with E-state index in [1.54, 1.807) is 22.4 Å². The topological polar surface area (TPSA) is 143 Å². The van der Waals surface area contributed by atoms with Crippen LogP contribution >= 0.6 is 22.7 Å². The molecule has 0 atom stereocenters. The molecule has 152 valence electrons. The number of ether oxygens (including phenoxy) is 1. The number of thiazole rings is 2. The first-order chi connectivity index (χ1) is 13.6. The van der Waals surface area contributed by atoms with Crippen LogP contribution in [-0.4, -0.2) is 39.6 Å². The van der Waals surface area contributed by atoms with E-state index in [9.17, 15) is 14.4 Å². The van der Waals surface area contributed by atoms with Crippen molar-refractivity contribution in [3.8, 4) is 0 Å². The molecule has 0 radical (unpaired) electrons. The van der Waals surface area contributed by atoms with E-state index in [2.05, 4.69) is 20.6 Å². The second-order valence-electron chi connectivity index (χ2n) is 5.64. The Morgan fingerprint density at radius 3 is 2.75 bits per heavy atom. The van der Waals surface area contributed by atoms with Gasteiger partial charge in [-0.05, 0) is 12.8 Å². The standard InChI is InChI=1S/C16H21N5O5S2/c22-12(21-25)4-2-1-3-5-17-13(23)8-11-10-28-15(19-11)20-16(24)26-9-14-18-6-7-27-14/h6-7,10,25H,1-5,8-9H2,(H,17,23)(H,21,22)(H,19,20,24). The summed E-state index contributed by atoms with van der Waals surface area (Å²) in [6.45, 7) is 0.590. The predicted octanol–water partition coefficient (Wildman–Crippen LogP) is 2.07. The molecule has 2 aromatic rings. The average molecular weight is 428 g/mol. The van der Waals surface area contributed by atoms with Crippen molar-refractivity contribution in [1.82, 2.24) is 20.8 Å². The number of carbonyl (C=O) groups is 3. The number of carbonyl (C=O) groups excluding carboxylic acids is 3. The van der Waals surface area contributed by atoms with Gasteiger partial charge in [0.1, 0.15) is 11.6 Å². The summed E-state index contributed by atoms with van der Waals surface area (Å²) in [7, 11) is 0. The Balaban J connectivity index is 1.60. The minimum atomic E-state index is -0.629. The molecule has 28 heavy (non-hydrogen) atoms. The van der Waals surface area contributed by atoms with Gasteiger partial charge in [-0.2, -0.15) is 0 Å². The zero-order valence-corrected chi connectivity index (χ0v) is 16.6. The molecule has 10 nitrogen and oxygen atoms in total. The van der Waals surface area contributed by atoms with E-state index in [4.69, 9.17) is 9.94 Å². The Labute approximate surface area is 169 Å². The molecule has 0 aliphatic carbocycles. The fourth-order valence-electron chi connectivity index (χ4n) is 2.12. The highest BCUT2D eigenvalue weighted by Crippen LogP contribution is 2.16. The lowest BCUT2D eigenvalue weighted by Gasteiger charge is -2.04. The van der Waals surface area contributed by atoms with Gasteiger partial charge < -0.3 is 10.1 Å². The van der Waals surface area contributed by atoms with Gasteiger partial charge in [-0.15, -0.1) is 22.7 Å². The third-order valence-corrected chi connectivity index (χ3v) is 5.00. The van der Waals surface area contributed by atoms with Crippen LogP contribution in [0.3, 0.4) is 0 Å². The van der Waals surface area contributed by atoms with Crippen LogP contribution in [0.5, 0.6) is 0 Å². The van der Waals surface area contributed by atoms with Gasteiger partial charge in [0.15, 0.2) is 5.13 Å². The van der Waals surface area contributed by atoms with E-state index in [1.165, 1.54) is 22.7 Å². The number of nitrogens with zero attached hydrogens (tertiary/aromatic N) is 2. The number of hydroxylamine groups is 1. The molecular weight excluding hydrogens is 406 g/mol. The fourth-order valence-corrected chi connectivity index (χ4v) is 3.34. The van der Waals surface area contributed by atoms with Gasteiger partial charge in [-0.3, -0.25) is 20.1 Å². The minimum Gasteiger partial charge on any atom is -0.442 e. The van der Waals surface area contributed by atoms with Gasteiger partial charge >= 0.3 is 6.09 Å². The largest absolute Gasteiger partial charge is 0.442 e. The Hall–Kier alpha value is -2.57. The summed E-state index contributed by atoms with van der Waals surface area (Å²) in [5, 5.41) is 18.2. The van der Waals surface area contributed by atoms with E-state index < -0.39 is 12.0 Å². The van der Waals surface area contributed by atoms with E-state index in [1.807, 2.05) is 0 Å². The monoisotopic (exact) mass is 427 g/mol. The molecule has 0 aliphatic rings. The van der Waals surface area contributed by atoms with Crippen LogP contribution in [0, 0.1) is 0 Å². The molecule has 0 spiro atoms. The van der Waals surface area contributed by atoms with Gasteiger partial charge in [-0.1, -0.05) is 6.42 Å². The second-order valence-corrected chi connectivity index (χ2v) is 7.48. The third-order valence-electron chi connectivity index (χ3n) is 3.44. The maximum atomic E-state index is 11.9. The third kappa shape index (κ3) is 8.41. The first-order valence-corrected chi connectivity index (χ1v) is 10.3. The van der Waals surface area contributed by atoms with Crippen LogP contribution in [-0.2, 0) is 27.4 Å². The van der Waals surface area contributed by atoms with Crippen molar-refractivity contribution in [2.45, 2.75) is 38.7 Å². The molecule has 0 unspecified atom stereocenters. The Kier molecular flexibility index (Phi) is 9.31. The number of hydrogen-bond donors (Lipinski definition) is 4. The van der Waals surface area contributed by atoms with E-state index in [0.717, 1.165) is 12.8 Å². The van der Waals surface area contributed by atoms with E-state index in [-0.39, 0.29) is 25.4 Å². The van der Waals surface area contributed by atoms with Gasteiger partial charge in [0.2, 0.25) is 11.8 Å². The lowest BCUT2D eigenvalue weighted by molar-refractivity contribution is -0.129. The number of amides is 3. The summed E-state index contributed by atoms with van der Waals surface area (Å²) < 4.78 is 5.03. The molecule has 0 bridgehead atoms. The molecule has 12 heteroatoms. The molecule has 0 aliphatic heterocycles. The van der Waals surface area contributed by atoms with Gasteiger partial charge in [-0.25, -0.2) is 20.2 Å². The number of aromatic nitrogens is 2. The van der Waals surface area contributed by atoms with Crippen molar-refractivity contribution in [1.29, 1.82) is 0 Å². The van der Waals surface area contributed by atoms with Crippen LogP contribution in [0.15, 0.2) is 17.0 Å². The van der Waals surface area contributed by atoms with Crippen LogP contribution in [0.1, 0.15) is 36.4 Å². The summed E-state index contributed by atoms with van der Waals surface area (Å²) in [5.74, 6) is -0.583. The maximum absolute atomic E-state index is 11.9. The Morgan fingerprint density at radius 2 is 2.00 bits per heavy atom. The molecule has 2 rings (SSSR count). The zero-order valence-electron chi connectivity index (χ0n) is 15.0. The van der Waals surface area contributed by atoms with E-state index >= 15 is 0 Å². The van der Waals surface area contributed by atoms with Crippen molar-refractivity contribution >= 4 is 45.7 Å². The molecular formula is C16H21N5O5S2. The average Bonchev–Trinajstić information content (AvgIpc) is 3.34. The molecule has 3 amide bonds. The number of hydrogen-bond acceptors (Lipinski definition) is 9. The second kappa shape index (κ2) is 12.0. The highest BCUT2D eigenvalue weighted by molar-refractivity contribution is 7.13. The van der Waals surface area contributed by atoms with Gasteiger partial charge in [0.05, 0.1) is 12.1 Å². The molecule has 0 saturated heterocycles. The first kappa shape index (κ1) is 21.7. The molecule has 2 heterocycles. The quantitative estimate of drug-likeness (QED) is 0.244. The maximum Gasteiger partial charge on any atom is 0.413 e. The minimum absolute atomic E-state index is 0.0921. The predicted molar refractivity (Wildman–Crippen MR) is 103 cm³/mol. The van der Waals surface area contributed by atoms with Crippen molar-refractivity contribution in [3.63, 3.8) is 0 Å². The summed E-state index contributed by atoms with van der Waals surface area (Å²) in [5.41, 5.74) is 2.13. The molecule has 4 N–H and O–H groups in total. The molecule has 0 fully saturated rings. The van der Waals surface area contributed by atoms with Gasteiger partial charge in [0.25, 0.3) is 0 Å². The van der Waals surface area contributed by atoms with Gasteiger partial charge in [0, 0.05) is 29.9 Å². The molecule has 2 aromatic heterocycles. The SMILES string of the molecule is O=C(CCCCCNC(=O)Cc1csc(NC(=O)OCc2nccs2)n1)NO. The Bertz CT molecular complexity index is 765. The van der Waals surface area contributed by atoms with Crippen molar-refractivity contribution in [2.24, 2.45) is 0 Å². The highest BCUT2D eigenvalue weighted by Gasteiger charge is 2.11. The van der Waals surface area contributed by atoms with Crippen LogP contribution < -0.4 is 16.1 Å². The number of unbranched alkanes of at least 4 members (excludes halogenated alkanes) is 2. The first-order valence-electron chi connectivity index (χ1n) is 8.53. The lowest BCUT2D eigenvalue weighted by atomic mass is 10.2. The number of anilines is 1. The van der Waals surface area contributed by atoms with E-state index in [0.29, 0.717) is 28.8 Å². The highest BCUT2D eigenvalue weighted by atomic mass is 32.1. The van der Waals surface area contributed by atoms with Crippen molar-refractivity contribution < 1.29 is 24.3 Å². The van der Waals surface area contributed by atoms with Crippen molar-refractivity contribution in [3.05, 3.63) is 27.7 Å². The van der Waals surface area contributed by atoms with Crippen LogP contribution in [0.2, 0.25) is 0 Å². The summed E-state index contributed by atoms with van der Waals surface area (Å²) in [6, 6.07) is 0. The Morgan fingerprint density at radius 1 is 1.14 bits per heavy atom. The van der Waals surface area contributed by atoms with Crippen LogP contribution in [0.25, 0.3) is 0 Å². The number of nitrogens with one attached hydrogen (secondary N) is 3. The summed E-state index contributed by atoms with van der Waals surface area (Å²) in [6.07, 6.45) is 3.51. The lowest BCUT2D eigenvalue weighted by Crippen LogP contribution is -2.26. The molecule has 0 saturated carbocycles. The fraction of sp³-hybridized carbons (Fsp3) is 0.438. The smallest absolute Gasteiger partial charge is 0.413 e. The van der Waals surface area contributed by atoms with Crippen molar-refractivity contribution in [2.75, 3.05) is 11.9 Å². The normalized spacial score (nSPS) is 10.3. The summed E-state index contributed by atoms with van der Waals surface area (Å²) in [4.78, 5) is 42.7. The zero-order chi connectivity index (χ0) is 20.2. The summed E-state index contributed by atoms with van der Waals surface area (Å²) >= 11 is 2.60.